The zero-order chi connectivity index (χ0) is 21.4. The van der Waals surface area contributed by atoms with Crippen LogP contribution in [0, 0.1) is 0 Å². The Kier molecular flexibility index (Phi) is 9.10. The number of thioether (sulfide) groups is 1. The molecule has 0 aromatic heterocycles. The van der Waals surface area contributed by atoms with Gasteiger partial charge in [0.05, 0.1) is 27.2 Å². The topological polar surface area (TPSA) is 75.7 Å². The molecule has 6 nitrogen and oxygen atoms in total. The molecule has 0 saturated heterocycles. The standard InChI is InChI=1S/C19H22Cl2N2O4S2/c1-23(2)29(25,26)16-6-4-15(5-7-16)27-10-9-22-19(24)13-28-12-14-3-8-17(20)18(21)11-14/h3-8,11H,9-10,12-13H2,1-2H3,(H,22,24). The van der Waals surface area contributed by atoms with Crippen molar-refractivity contribution in [2.45, 2.75) is 10.6 Å². The SMILES string of the molecule is CN(C)S(=O)(=O)c1ccc(OCCNC(=O)CSCc2ccc(Cl)c(Cl)c2)cc1. The molecule has 0 unspecified atom stereocenters. The van der Waals surface area contributed by atoms with Gasteiger partial charge in [-0.1, -0.05) is 29.3 Å². The lowest BCUT2D eigenvalue weighted by molar-refractivity contribution is -0.118. The molecule has 0 saturated carbocycles. The number of amides is 1. The van der Waals surface area contributed by atoms with Crippen LogP contribution in [0.25, 0.3) is 0 Å². The fourth-order valence-corrected chi connectivity index (χ4v) is 4.25. The molecule has 0 fully saturated rings. The summed E-state index contributed by atoms with van der Waals surface area (Å²) in [6, 6.07) is 11.6. The molecule has 0 bridgehead atoms. The summed E-state index contributed by atoms with van der Waals surface area (Å²) in [5.41, 5.74) is 1.00. The van der Waals surface area contributed by atoms with Gasteiger partial charge in [0.15, 0.2) is 0 Å². The lowest BCUT2D eigenvalue weighted by Gasteiger charge is -2.12. The van der Waals surface area contributed by atoms with E-state index in [1.165, 1.54) is 38.0 Å². The molecule has 0 atom stereocenters. The summed E-state index contributed by atoms with van der Waals surface area (Å²) in [4.78, 5) is 12.1. The van der Waals surface area contributed by atoms with Crippen molar-refractivity contribution in [3.63, 3.8) is 0 Å². The van der Waals surface area contributed by atoms with Crippen molar-refractivity contribution >= 4 is 50.9 Å². The summed E-state index contributed by atoms with van der Waals surface area (Å²) in [6.45, 7) is 0.632. The van der Waals surface area contributed by atoms with Gasteiger partial charge in [0, 0.05) is 19.8 Å². The minimum atomic E-state index is -3.46. The van der Waals surface area contributed by atoms with Crippen LogP contribution in [-0.4, -0.2) is 51.6 Å². The second kappa shape index (κ2) is 11.1. The first-order valence-electron chi connectivity index (χ1n) is 8.64. The largest absolute Gasteiger partial charge is 0.492 e. The van der Waals surface area contributed by atoms with Gasteiger partial charge in [0.2, 0.25) is 15.9 Å². The first-order valence-corrected chi connectivity index (χ1v) is 12.0. The maximum Gasteiger partial charge on any atom is 0.242 e. The minimum absolute atomic E-state index is 0.0916. The minimum Gasteiger partial charge on any atom is -0.492 e. The van der Waals surface area contributed by atoms with Gasteiger partial charge in [0.25, 0.3) is 0 Å². The van der Waals surface area contributed by atoms with Gasteiger partial charge >= 0.3 is 0 Å². The second-order valence-electron chi connectivity index (χ2n) is 6.20. The molecule has 0 aliphatic rings. The Balaban J connectivity index is 1.67. The molecule has 1 amide bonds. The number of rotatable bonds is 10. The van der Waals surface area contributed by atoms with Crippen molar-refractivity contribution in [2.75, 3.05) is 33.0 Å². The molecule has 29 heavy (non-hydrogen) atoms. The molecule has 2 rings (SSSR count). The van der Waals surface area contributed by atoms with Crippen LogP contribution in [0.4, 0.5) is 0 Å². The summed E-state index contributed by atoms with van der Waals surface area (Å²) in [5, 5.41) is 3.78. The fraction of sp³-hybridized carbons (Fsp3) is 0.316. The van der Waals surface area contributed by atoms with Crippen LogP contribution in [-0.2, 0) is 20.6 Å². The lowest BCUT2D eigenvalue weighted by Crippen LogP contribution is -2.29. The maximum atomic E-state index is 12.0. The third-order valence-electron chi connectivity index (χ3n) is 3.78. The van der Waals surface area contributed by atoms with Crippen LogP contribution < -0.4 is 10.1 Å². The van der Waals surface area contributed by atoms with Crippen LogP contribution in [0.3, 0.4) is 0 Å². The number of benzene rings is 2. The molecule has 10 heteroatoms. The van der Waals surface area contributed by atoms with Gasteiger partial charge in [0.1, 0.15) is 12.4 Å². The molecule has 2 aromatic rings. The van der Waals surface area contributed by atoms with E-state index in [4.69, 9.17) is 27.9 Å². The van der Waals surface area contributed by atoms with E-state index < -0.39 is 10.0 Å². The van der Waals surface area contributed by atoms with Crippen LogP contribution in [0.2, 0.25) is 10.0 Å². The quantitative estimate of drug-likeness (QED) is 0.529. The first kappa shape index (κ1) is 23.8. The third-order valence-corrected chi connectivity index (χ3v) is 7.35. The number of ether oxygens (including phenoxy) is 1. The predicted molar refractivity (Wildman–Crippen MR) is 118 cm³/mol. The number of hydrogen-bond acceptors (Lipinski definition) is 5. The molecule has 0 heterocycles. The van der Waals surface area contributed by atoms with Crippen molar-refractivity contribution in [1.29, 1.82) is 0 Å². The van der Waals surface area contributed by atoms with Gasteiger partial charge < -0.3 is 10.1 Å². The molecule has 158 valence electrons. The van der Waals surface area contributed by atoms with Crippen LogP contribution >= 0.6 is 35.0 Å². The summed E-state index contributed by atoms with van der Waals surface area (Å²) >= 11 is 13.3. The maximum absolute atomic E-state index is 12.0. The van der Waals surface area contributed by atoms with E-state index in [9.17, 15) is 13.2 Å². The Labute approximate surface area is 185 Å². The van der Waals surface area contributed by atoms with Gasteiger partial charge in [-0.3, -0.25) is 4.79 Å². The third kappa shape index (κ3) is 7.38. The zero-order valence-corrected chi connectivity index (χ0v) is 19.2. The Hall–Kier alpha value is -1.45. The van der Waals surface area contributed by atoms with E-state index in [2.05, 4.69) is 5.32 Å². The highest BCUT2D eigenvalue weighted by atomic mass is 35.5. The van der Waals surface area contributed by atoms with Crippen molar-refractivity contribution in [3.05, 3.63) is 58.1 Å². The highest BCUT2D eigenvalue weighted by Crippen LogP contribution is 2.24. The van der Waals surface area contributed by atoms with E-state index >= 15 is 0 Å². The van der Waals surface area contributed by atoms with Crippen LogP contribution in [0.15, 0.2) is 47.4 Å². The predicted octanol–water partition coefficient (Wildman–Crippen LogP) is 3.67. The molecule has 0 aliphatic carbocycles. The number of carbonyl (C=O) groups is 1. The van der Waals surface area contributed by atoms with E-state index in [0.29, 0.717) is 33.8 Å². The van der Waals surface area contributed by atoms with E-state index in [-0.39, 0.29) is 17.4 Å². The molecular weight excluding hydrogens is 455 g/mol. The number of halogens is 2. The van der Waals surface area contributed by atoms with Gasteiger partial charge in [-0.25, -0.2) is 12.7 Å². The molecular formula is C19H22Cl2N2O4S2. The summed E-state index contributed by atoms with van der Waals surface area (Å²) in [7, 11) is -0.504. The monoisotopic (exact) mass is 476 g/mol. The molecule has 0 spiro atoms. The average molecular weight is 477 g/mol. The summed E-state index contributed by atoms with van der Waals surface area (Å²) in [5.74, 6) is 1.41. The van der Waals surface area contributed by atoms with E-state index in [1.54, 1.807) is 24.3 Å². The molecule has 0 radical (unpaired) electrons. The zero-order valence-electron chi connectivity index (χ0n) is 16.0. The summed E-state index contributed by atoms with van der Waals surface area (Å²) < 4.78 is 30.7. The van der Waals surface area contributed by atoms with E-state index in [0.717, 1.165) is 9.87 Å². The fourth-order valence-electron chi connectivity index (χ4n) is 2.22. The van der Waals surface area contributed by atoms with Crippen molar-refractivity contribution in [1.82, 2.24) is 9.62 Å². The highest BCUT2D eigenvalue weighted by Gasteiger charge is 2.16. The second-order valence-corrected chi connectivity index (χ2v) is 10.2. The molecule has 1 N–H and O–H groups in total. The number of nitrogens with one attached hydrogen (secondary N) is 1. The smallest absolute Gasteiger partial charge is 0.242 e. The van der Waals surface area contributed by atoms with Crippen LogP contribution in [0.1, 0.15) is 5.56 Å². The van der Waals surface area contributed by atoms with Gasteiger partial charge in [-0.15, -0.1) is 11.8 Å². The average Bonchev–Trinajstić information content (AvgIpc) is 2.68. The molecule has 0 aliphatic heterocycles. The number of sulfonamides is 1. The highest BCUT2D eigenvalue weighted by molar-refractivity contribution is 7.99. The number of hydrogen-bond donors (Lipinski definition) is 1. The lowest BCUT2D eigenvalue weighted by atomic mass is 10.2. The van der Waals surface area contributed by atoms with Crippen molar-refractivity contribution in [3.8, 4) is 5.75 Å². The Bertz CT molecular complexity index is 936. The van der Waals surface area contributed by atoms with Crippen molar-refractivity contribution in [2.24, 2.45) is 0 Å². The number of nitrogens with zero attached hydrogens (tertiary/aromatic N) is 1. The Morgan fingerprint density at radius 2 is 1.79 bits per heavy atom. The Morgan fingerprint density at radius 3 is 2.41 bits per heavy atom. The molecule has 2 aromatic carbocycles. The van der Waals surface area contributed by atoms with Gasteiger partial charge in [-0.2, -0.15) is 0 Å². The Morgan fingerprint density at radius 1 is 1.10 bits per heavy atom. The van der Waals surface area contributed by atoms with Gasteiger partial charge in [-0.05, 0) is 42.0 Å². The first-order chi connectivity index (χ1) is 13.7. The normalized spacial score (nSPS) is 11.5. The summed E-state index contributed by atoms with van der Waals surface area (Å²) in [6.07, 6.45) is 0. The van der Waals surface area contributed by atoms with E-state index in [1.807, 2.05) is 6.07 Å². The van der Waals surface area contributed by atoms with Crippen LogP contribution in [0.5, 0.6) is 5.75 Å². The number of carbonyl (C=O) groups excluding carboxylic acids is 1. The van der Waals surface area contributed by atoms with Crippen molar-refractivity contribution < 1.29 is 17.9 Å².